The van der Waals surface area contributed by atoms with Crippen molar-refractivity contribution in [3.63, 3.8) is 0 Å². The van der Waals surface area contributed by atoms with Gasteiger partial charge in [-0.3, -0.25) is 4.79 Å². The Morgan fingerprint density at radius 3 is 2.64 bits per heavy atom. The van der Waals surface area contributed by atoms with E-state index >= 15 is 0 Å². The minimum Gasteiger partial charge on any atom is -0.460 e. The molecule has 0 bridgehead atoms. The van der Waals surface area contributed by atoms with Gasteiger partial charge in [-0.15, -0.1) is 0 Å². The third-order valence-electron chi connectivity index (χ3n) is 7.84. The predicted molar refractivity (Wildman–Crippen MR) is 94.6 cm³/mol. The highest BCUT2D eigenvalue weighted by Crippen LogP contribution is 2.63. The molecule has 138 valence electrons. The van der Waals surface area contributed by atoms with E-state index in [-0.39, 0.29) is 22.9 Å². The van der Waals surface area contributed by atoms with Crippen molar-refractivity contribution < 1.29 is 19.7 Å². The van der Waals surface area contributed by atoms with E-state index in [9.17, 15) is 15.0 Å². The first-order valence-corrected chi connectivity index (χ1v) is 9.70. The molecular formula is C21H30O4. The van der Waals surface area contributed by atoms with Crippen molar-refractivity contribution in [2.75, 3.05) is 0 Å². The van der Waals surface area contributed by atoms with Crippen LogP contribution in [0.1, 0.15) is 59.3 Å². The molecule has 2 N–H and O–H groups in total. The zero-order valence-electron chi connectivity index (χ0n) is 15.5. The standard InChI is InChI=1S/C21H30O4/c1-12(22)25-18-11-21(3)13(10-17(18)23)4-5-14-15-6-7-19(24)20(15,2)9-8-16(14)21/h4-5,15-19,23-24H,6-11H2,1-3H3/t15-,16+,17?,18?,19?,20-,21-/m0/s1. The third-order valence-corrected chi connectivity index (χ3v) is 7.84. The molecular weight excluding hydrogens is 316 g/mol. The molecule has 0 heterocycles. The Kier molecular flexibility index (Phi) is 3.93. The number of ether oxygens (including phenoxy) is 1. The Morgan fingerprint density at radius 2 is 1.92 bits per heavy atom. The van der Waals surface area contributed by atoms with Crippen molar-refractivity contribution in [2.24, 2.45) is 22.7 Å². The molecule has 0 aromatic rings. The number of carbonyl (C=O) groups excluding carboxylic acids is 1. The molecule has 3 unspecified atom stereocenters. The van der Waals surface area contributed by atoms with Crippen LogP contribution >= 0.6 is 0 Å². The smallest absolute Gasteiger partial charge is 0.302 e. The first kappa shape index (κ1) is 17.3. The van der Waals surface area contributed by atoms with Gasteiger partial charge in [-0.25, -0.2) is 0 Å². The minimum atomic E-state index is -0.611. The normalized spacial score (nSPS) is 48.6. The molecule has 7 atom stereocenters. The Hall–Kier alpha value is -1.13. The molecule has 0 saturated heterocycles. The zero-order valence-corrected chi connectivity index (χ0v) is 15.5. The summed E-state index contributed by atoms with van der Waals surface area (Å²) in [7, 11) is 0. The van der Waals surface area contributed by atoms with Crippen LogP contribution in [0.15, 0.2) is 23.3 Å². The summed E-state index contributed by atoms with van der Waals surface area (Å²) in [6.45, 7) is 5.95. The van der Waals surface area contributed by atoms with E-state index in [0.717, 1.165) is 25.7 Å². The van der Waals surface area contributed by atoms with Gasteiger partial charge in [-0.05, 0) is 55.8 Å². The Morgan fingerprint density at radius 1 is 1.16 bits per heavy atom. The lowest BCUT2D eigenvalue weighted by atomic mass is 9.51. The van der Waals surface area contributed by atoms with Gasteiger partial charge in [-0.1, -0.05) is 37.1 Å². The number of hydrogen-bond acceptors (Lipinski definition) is 4. The summed E-state index contributed by atoms with van der Waals surface area (Å²) in [6.07, 6.45) is 8.60. The average Bonchev–Trinajstić information content (AvgIpc) is 2.84. The van der Waals surface area contributed by atoms with Crippen LogP contribution in [-0.2, 0) is 9.53 Å². The summed E-state index contributed by atoms with van der Waals surface area (Å²) in [6, 6.07) is 0. The Labute approximate surface area is 149 Å². The van der Waals surface area contributed by atoms with E-state index in [4.69, 9.17) is 4.74 Å². The molecule has 0 amide bonds. The van der Waals surface area contributed by atoms with E-state index in [1.807, 2.05) is 0 Å². The lowest BCUT2D eigenvalue weighted by Crippen LogP contribution is -2.50. The maximum atomic E-state index is 11.4. The van der Waals surface area contributed by atoms with Crippen LogP contribution in [0.2, 0.25) is 0 Å². The van der Waals surface area contributed by atoms with Crippen LogP contribution in [0.5, 0.6) is 0 Å². The molecule has 4 aliphatic carbocycles. The van der Waals surface area contributed by atoms with Crippen molar-refractivity contribution >= 4 is 5.97 Å². The number of hydrogen-bond donors (Lipinski definition) is 2. The minimum absolute atomic E-state index is 0.00744. The van der Waals surface area contributed by atoms with Crippen LogP contribution < -0.4 is 0 Å². The molecule has 4 heteroatoms. The fourth-order valence-electron chi connectivity index (χ4n) is 6.32. The number of carbonyl (C=O) groups is 1. The number of fused-ring (bicyclic) bond motifs is 5. The van der Waals surface area contributed by atoms with E-state index in [2.05, 4.69) is 26.0 Å². The van der Waals surface area contributed by atoms with Crippen LogP contribution in [0.25, 0.3) is 0 Å². The van der Waals surface area contributed by atoms with E-state index < -0.39 is 12.2 Å². The lowest BCUT2D eigenvalue weighted by Gasteiger charge is -2.55. The number of esters is 1. The highest BCUT2D eigenvalue weighted by Gasteiger charge is 2.57. The van der Waals surface area contributed by atoms with Gasteiger partial charge in [0.05, 0.1) is 12.2 Å². The second-order valence-corrected chi connectivity index (χ2v) is 9.14. The summed E-state index contributed by atoms with van der Waals surface area (Å²) in [4.78, 5) is 11.4. The van der Waals surface area contributed by atoms with Gasteiger partial charge >= 0.3 is 5.97 Å². The van der Waals surface area contributed by atoms with Crippen LogP contribution in [-0.4, -0.2) is 34.5 Å². The van der Waals surface area contributed by atoms with Gasteiger partial charge in [-0.2, -0.15) is 0 Å². The van der Waals surface area contributed by atoms with Gasteiger partial charge in [0, 0.05) is 12.3 Å². The highest BCUT2D eigenvalue weighted by atomic mass is 16.6. The largest absolute Gasteiger partial charge is 0.460 e. The van der Waals surface area contributed by atoms with E-state index in [1.54, 1.807) is 0 Å². The van der Waals surface area contributed by atoms with Gasteiger partial charge in [0.1, 0.15) is 6.10 Å². The van der Waals surface area contributed by atoms with Crippen LogP contribution in [0.3, 0.4) is 0 Å². The van der Waals surface area contributed by atoms with Gasteiger partial charge in [0.15, 0.2) is 0 Å². The summed E-state index contributed by atoms with van der Waals surface area (Å²) in [5.74, 6) is 0.568. The fourth-order valence-corrected chi connectivity index (χ4v) is 6.32. The number of aliphatic hydroxyl groups is 2. The van der Waals surface area contributed by atoms with Gasteiger partial charge in [0.2, 0.25) is 0 Å². The summed E-state index contributed by atoms with van der Waals surface area (Å²) >= 11 is 0. The molecule has 0 aromatic carbocycles. The number of rotatable bonds is 1. The maximum Gasteiger partial charge on any atom is 0.302 e. The van der Waals surface area contributed by atoms with Crippen molar-refractivity contribution in [1.29, 1.82) is 0 Å². The Bertz CT molecular complexity index is 650. The van der Waals surface area contributed by atoms with E-state index in [1.165, 1.54) is 18.1 Å². The van der Waals surface area contributed by atoms with Crippen molar-refractivity contribution in [1.82, 2.24) is 0 Å². The molecule has 4 aliphatic rings. The molecule has 0 radical (unpaired) electrons. The average molecular weight is 346 g/mol. The summed E-state index contributed by atoms with van der Waals surface area (Å²) in [5.41, 5.74) is 2.72. The van der Waals surface area contributed by atoms with Gasteiger partial charge < -0.3 is 14.9 Å². The topological polar surface area (TPSA) is 66.8 Å². The molecule has 3 fully saturated rings. The van der Waals surface area contributed by atoms with Crippen LogP contribution in [0.4, 0.5) is 0 Å². The first-order valence-electron chi connectivity index (χ1n) is 9.70. The Balaban J connectivity index is 1.68. The second kappa shape index (κ2) is 5.68. The summed E-state index contributed by atoms with van der Waals surface area (Å²) < 4.78 is 5.45. The molecule has 4 nitrogen and oxygen atoms in total. The van der Waals surface area contributed by atoms with E-state index in [0.29, 0.717) is 24.7 Å². The molecule has 25 heavy (non-hydrogen) atoms. The van der Waals surface area contributed by atoms with Gasteiger partial charge in [0.25, 0.3) is 0 Å². The zero-order chi connectivity index (χ0) is 18.0. The maximum absolute atomic E-state index is 11.4. The molecule has 4 rings (SSSR count). The quantitative estimate of drug-likeness (QED) is 0.716. The highest BCUT2D eigenvalue weighted by molar-refractivity contribution is 5.66. The van der Waals surface area contributed by atoms with Crippen molar-refractivity contribution in [3.8, 4) is 0 Å². The molecule has 0 aromatic heterocycles. The second-order valence-electron chi connectivity index (χ2n) is 9.14. The monoisotopic (exact) mass is 346 g/mol. The molecule has 0 spiro atoms. The van der Waals surface area contributed by atoms with Crippen molar-refractivity contribution in [2.45, 2.75) is 77.6 Å². The number of aliphatic hydroxyl groups excluding tert-OH is 2. The summed E-state index contributed by atoms with van der Waals surface area (Å²) in [5, 5.41) is 20.9. The molecule has 0 aliphatic heterocycles. The first-order chi connectivity index (χ1) is 11.8. The third kappa shape index (κ3) is 2.44. The number of allylic oxidation sites excluding steroid dienone is 3. The fraction of sp³-hybridized carbons (Fsp3) is 0.762. The lowest BCUT2D eigenvalue weighted by molar-refractivity contribution is -0.157. The van der Waals surface area contributed by atoms with Crippen LogP contribution in [0, 0.1) is 22.7 Å². The molecule has 3 saturated carbocycles. The predicted octanol–water partition coefficient (Wildman–Crippen LogP) is 3.13. The SMILES string of the molecule is CC(=O)OC1C[C@@]2(C)C(=CC=C3[C@H]2CC[C@]2(C)C(O)CC[C@@H]32)CC1O. The van der Waals surface area contributed by atoms with Crippen molar-refractivity contribution in [3.05, 3.63) is 23.3 Å².